The zero-order chi connectivity index (χ0) is 29.1. The molecule has 1 aliphatic rings. The lowest BCUT2D eigenvalue weighted by Crippen LogP contribution is -2.53. The van der Waals surface area contributed by atoms with Crippen molar-refractivity contribution in [2.24, 2.45) is 5.92 Å². The number of ketones is 1. The van der Waals surface area contributed by atoms with Gasteiger partial charge in [-0.25, -0.2) is 13.6 Å². The number of hydrogen-bond acceptors (Lipinski definition) is 5. The van der Waals surface area contributed by atoms with Crippen molar-refractivity contribution < 1.29 is 23.5 Å². The second-order valence-corrected chi connectivity index (χ2v) is 10.2. The summed E-state index contributed by atoms with van der Waals surface area (Å²) in [5.41, 5.74) is 5.85. The smallest absolute Gasteiger partial charge is 0.328 e. The quantitative estimate of drug-likeness (QED) is 0.244. The molecule has 1 unspecified atom stereocenters. The molecule has 9 heteroatoms. The summed E-state index contributed by atoms with van der Waals surface area (Å²) in [4.78, 5) is 38.5. The summed E-state index contributed by atoms with van der Waals surface area (Å²) in [5, 5.41) is 13.8. The van der Waals surface area contributed by atoms with Crippen molar-refractivity contribution in [3.63, 3.8) is 0 Å². The number of benzene rings is 3. The van der Waals surface area contributed by atoms with E-state index in [9.17, 15) is 28.3 Å². The maximum atomic E-state index is 14.3. The van der Waals surface area contributed by atoms with Crippen LogP contribution in [0.3, 0.4) is 0 Å². The minimum atomic E-state index is -1.25. The summed E-state index contributed by atoms with van der Waals surface area (Å²) in [7, 11) is 0. The standard InChI is InChI=1S/C32H29F2N3O4/c33-23-12-15-25(27(34)18-23)29(39)26-16-17-28(38)37(30(26)35)24-13-10-20(11-14-24)19-36-32(31(40)41,22-8-4-5-9-22)21-6-2-1-3-7-21/h1-3,6-7,10-18,22,36H,4-5,8-9,19,35H2,(H,40,41). The van der Waals surface area contributed by atoms with Gasteiger partial charge in [0, 0.05) is 18.7 Å². The number of pyridine rings is 1. The largest absolute Gasteiger partial charge is 0.480 e. The van der Waals surface area contributed by atoms with Crippen molar-refractivity contribution in [3.05, 3.63) is 129 Å². The number of carboxylic acid groups (broad SMARTS) is 1. The molecule has 0 radical (unpaired) electrons. The van der Waals surface area contributed by atoms with Gasteiger partial charge < -0.3 is 10.8 Å². The fourth-order valence-electron chi connectivity index (χ4n) is 5.75. The first-order chi connectivity index (χ1) is 19.7. The normalized spacial score (nSPS) is 15.0. The molecular formula is C32H29F2N3O4. The highest BCUT2D eigenvalue weighted by atomic mass is 19.1. The van der Waals surface area contributed by atoms with E-state index in [4.69, 9.17) is 5.73 Å². The van der Waals surface area contributed by atoms with Crippen molar-refractivity contribution in [1.29, 1.82) is 0 Å². The van der Waals surface area contributed by atoms with Crippen LogP contribution in [-0.4, -0.2) is 21.4 Å². The van der Waals surface area contributed by atoms with Gasteiger partial charge in [0.25, 0.3) is 5.56 Å². The van der Waals surface area contributed by atoms with Crippen molar-refractivity contribution in [2.75, 3.05) is 5.73 Å². The molecule has 1 aliphatic carbocycles. The van der Waals surface area contributed by atoms with Crippen LogP contribution in [0.2, 0.25) is 0 Å². The predicted molar refractivity (Wildman–Crippen MR) is 151 cm³/mol. The first-order valence-electron chi connectivity index (χ1n) is 13.4. The Morgan fingerprint density at radius 2 is 1.59 bits per heavy atom. The number of nitrogen functional groups attached to an aromatic ring is 1. The maximum absolute atomic E-state index is 14.3. The van der Waals surface area contributed by atoms with E-state index in [2.05, 4.69) is 5.32 Å². The van der Waals surface area contributed by atoms with E-state index in [0.717, 1.165) is 54.0 Å². The van der Waals surface area contributed by atoms with Crippen LogP contribution in [0.5, 0.6) is 0 Å². The number of anilines is 1. The van der Waals surface area contributed by atoms with Crippen molar-refractivity contribution in [2.45, 2.75) is 37.8 Å². The number of carbonyl (C=O) groups is 2. The molecule has 5 rings (SSSR count). The SMILES string of the molecule is Nc1c(C(=O)c2ccc(F)cc2F)ccc(=O)n1-c1ccc(CNC(C(=O)O)(c2ccccc2)C2CCCC2)cc1. The number of hydrogen-bond donors (Lipinski definition) is 3. The summed E-state index contributed by atoms with van der Waals surface area (Å²) < 4.78 is 28.7. The first kappa shape index (κ1) is 27.9. The summed E-state index contributed by atoms with van der Waals surface area (Å²) in [6.45, 7) is 0.255. The molecule has 0 amide bonds. The van der Waals surface area contributed by atoms with Gasteiger partial charge in [-0.3, -0.25) is 19.5 Å². The van der Waals surface area contributed by atoms with Crippen LogP contribution in [0.4, 0.5) is 14.6 Å². The van der Waals surface area contributed by atoms with Crippen LogP contribution < -0.4 is 16.6 Å². The number of nitrogens with zero attached hydrogens (tertiary/aromatic N) is 1. The highest BCUT2D eigenvalue weighted by molar-refractivity contribution is 6.11. The van der Waals surface area contributed by atoms with Crippen molar-refractivity contribution >= 4 is 17.6 Å². The molecule has 1 fully saturated rings. The van der Waals surface area contributed by atoms with E-state index in [1.54, 1.807) is 24.3 Å². The highest BCUT2D eigenvalue weighted by Gasteiger charge is 2.47. The summed E-state index contributed by atoms with van der Waals surface area (Å²) in [5.74, 6) is -3.81. The topological polar surface area (TPSA) is 114 Å². The molecular weight excluding hydrogens is 528 g/mol. The van der Waals surface area contributed by atoms with Gasteiger partial charge >= 0.3 is 5.97 Å². The zero-order valence-electron chi connectivity index (χ0n) is 22.1. The minimum Gasteiger partial charge on any atom is -0.480 e. The van der Waals surface area contributed by atoms with Crippen molar-refractivity contribution in [1.82, 2.24) is 9.88 Å². The molecule has 0 saturated heterocycles. The van der Waals surface area contributed by atoms with Crippen molar-refractivity contribution in [3.8, 4) is 5.69 Å². The number of aromatic nitrogens is 1. The highest BCUT2D eigenvalue weighted by Crippen LogP contribution is 2.41. The van der Waals surface area contributed by atoms with E-state index < -0.39 is 34.5 Å². The Labute approximate surface area is 235 Å². The van der Waals surface area contributed by atoms with E-state index in [0.29, 0.717) is 17.3 Å². The number of aliphatic carboxylic acids is 1. The van der Waals surface area contributed by atoms with Gasteiger partial charge in [-0.05, 0) is 60.2 Å². The second-order valence-electron chi connectivity index (χ2n) is 10.2. The summed E-state index contributed by atoms with van der Waals surface area (Å²) >= 11 is 0. The number of carbonyl (C=O) groups excluding carboxylic acids is 1. The predicted octanol–water partition coefficient (Wildman–Crippen LogP) is 5.19. The van der Waals surface area contributed by atoms with Gasteiger partial charge in [0.05, 0.1) is 16.8 Å². The lowest BCUT2D eigenvalue weighted by atomic mass is 9.76. The zero-order valence-corrected chi connectivity index (χ0v) is 22.1. The Bertz CT molecular complexity index is 1650. The minimum absolute atomic E-state index is 0.0636. The van der Waals surface area contributed by atoms with Gasteiger partial charge in [0.15, 0.2) is 5.78 Å². The molecule has 41 heavy (non-hydrogen) atoms. The average molecular weight is 558 g/mol. The van der Waals surface area contributed by atoms with Gasteiger partial charge in [-0.15, -0.1) is 0 Å². The lowest BCUT2D eigenvalue weighted by molar-refractivity contribution is -0.148. The fourth-order valence-corrected chi connectivity index (χ4v) is 5.75. The Balaban J connectivity index is 1.43. The number of nitrogens with one attached hydrogen (secondary N) is 1. The maximum Gasteiger partial charge on any atom is 0.328 e. The Morgan fingerprint density at radius 3 is 2.22 bits per heavy atom. The molecule has 0 spiro atoms. The number of rotatable bonds is 9. The molecule has 1 heterocycles. The van der Waals surface area contributed by atoms with Crippen LogP contribution in [0.15, 0.2) is 89.7 Å². The number of carboxylic acids is 1. The third kappa shape index (κ3) is 5.28. The third-order valence-electron chi connectivity index (χ3n) is 7.85. The Hall–Kier alpha value is -4.63. The molecule has 1 atom stereocenters. The molecule has 3 aromatic carbocycles. The lowest BCUT2D eigenvalue weighted by Gasteiger charge is -2.37. The molecule has 1 saturated carbocycles. The fraction of sp³-hybridized carbons (Fsp3) is 0.219. The third-order valence-corrected chi connectivity index (χ3v) is 7.85. The number of halogens is 2. The number of nitrogens with two attached hydrogens (primary N) is 1. The van der Waals surface area contributed by atoms with Crippen LogP contribution in [0, 0.1) is 17.6 Å². The van der Waals surface area contributed by atoms with Gasteiger partial charge in [-0.2, -0.15) is 0 Å². The van der Waals surface area contributed by atoms with Crippen LogP contribution >= 0.6 is 0 Å². The average Bonchev–Trinajstić information content (AvgIpc) is 3.50. The molecule has 0 bridgehead atoms. The Morgan fingerprint density at radius 1 is 0.927 bits per heavy atom. The Kier molecular flexibility index (Phi) is 7.81. The van der Waals surface area contributed by atoms with E-state index in [1.165, 1.54) is 6.07 Å². The molecule has 210 valence electrons. The van der Waals surface area contributed by atoms with Crippen LogP contribution in [-0.2, 0) is 16.9 Å². The van der Waals surface area contributed by atoms with Gasteiger partial charge in [0.1, 0.15) is 23.0 Å². The van der Waals surface area contributed by atoms with Gasteiger partial charge in [0.2, 0.25) is 0 Å². The first-order valence-corrected chi connectivity index (χ1v) is 13.4. The van der Waals surface area contributed by atoms with Crippen LogP contribution in [0.25, 0.3) is 5.69 Å². The summed E-state index contributed by atoms with van der Waals surface area (Å²) in [6.07, 6.45) is 3.58. The van der Waals surface area contributed by atoms with E-state index in [-0.39, 0.29) is 29.4 Å². The molecule has 7 nitrogen and oxygen atoms in total. The molecule has 1 aromatic heterocycles. The second kappa shape index (κ2) is 11.5. The molecule has 0 aliphatic heterocycles. The molecule has 4 aromatic rings. The van der Waals surface area contributed by atoms with E-state index >= 15 is 0 Å². The van der Waals surface area contributed by atoms with E-state index in [1.807, 2.05) is 30.3 Å². The monoisotopic (exact) mass is 557 g/mol. The molecule has 4 N–H and O–H groups in total. The summed E-state index contributed by atoms with van der Waals surface area (Å²) in [6, 6.07) is 21.0. The van der Waals surface area contributed by atoms with Gasteiger partial charge in [-0.1, -0.05) is 55.3 Å². The van der Waals surface area contributed by atoms with Crippen LogP contribution in [0.1, 0.15) is 52.7 Å².